The van der Waals surface area contributed by atoms with E-state index in [1.54, 1.807) is 0 Å². The smallest absolute Gasteiger partial charge is 0.270 e. The molecule has 0 saturated carbocycles. The molecule has 28 heavy (non-hydrogen) atoms. The summed E-state index contributed by atoms with van der Waals surface area (Å²) in [7, 11) is 0. The molecule has 1 aromatic heterocycles. The van der Waals surface area contributed by atoms with E-state index >= 15 is 0 Å². The molecule has 0 aliphatic heterocycles. The highest BCUT2D eigenvalue weighted by atomic mass is 19.1. The average molecular weight is 380 g/mol. The van der Waals surface area contributed by atoms with Crippen LogP contribution in [0.15, 0.2) is 54.6 Å². The Bertz CT molecular complexity index is 1010. The normalized spacial score (nSPS) is 13.2. The summed E-state index contributed by atoms with van der Waals surface area (Å²) < 4.78 is 26.7. The Morgan fingerprint density at radius 2 is 1.64 bits per heavy atom. The maximum atomic E-state index is 13.4. The highest BCUT2D eigenvalue weighted by molar-refractivity contribution is 5.94. The molecule has 1 aliphatic carbocycles. The Morgan fingerprint density at radius 1 is 1.00 bits per heavy atom. The van der Waals surface area contributed by atoms with E-state index in [0.29, 0.717) is 5.69 Å². The van der Waals surface area contributed by atoms with Crippen LogP contribution in [-0.2, 0) is 12.8 Å². The number of anilines is 3. The van der Waals surface area contributed by atoms with Crippen LogP contribution < -0.4 is 16.4 Å². The molecule has 4 N–H and O–H groups in total. The molecule has 1 heterocycles. The van der Waals surface area contributed by atoms with Crippen molar-refractivity contribution in [1.82, 2.24) is 10.3 Å². The Morgan fingerprint density at radius 3 is 2.29 bits per heavy atom. The fourth-order valence-electron chi connectivity index (χ4n) is 3.43. The van der Waals surface area contributed by atoms with E-state index in [9.17, 15) is 13.6 Å². The van der Waals surface area contributed by atoms with Crippen LogP contribution in [0.1, 0.15) is 21.6 Å². The highest BCUT2D eigenvalue weighted by Crippen LogP contribution is 2.23. The quantitative estimate of drug-likeness (QED) is 0.646. The standard InChI is InChI=1S/C21H18F2N4O/c22-14-7-15(23)9-18(8-14)25-20-11-16(24)10-19(27-20)21(28)26-17-5-12-3-1-2-4-13(12)6-17/h1-4,7-11,17H,5-6H2,(H,26,28)(H3,24,25,27). The van der Waals surface area contributed by atoms with Crippen LogP contribution in [0.25, 0.3) is 0 Å². The number of nitrogen functional groups attached to an aromatic ring is 1. The first-order chi connectivity index (χ1) is 13.5. The van der Waals surface area contributed by atoms with Crippen molar-refractivity contribution < 1.29 is 13.6 Å². The van der Waals surface area contributed by atoms with Crippen LogP contribution in [0.5, 0.6) is 0 Å². The van der Waals surface area contributed by atoms with Gasteiger partial charge in [0.2, 0.25) is 0 Å². The minimum absolute atomic E-state index is 0.0122. The van der Waals surface area contributed by atoms with Gasteiger partial charge in [0.15, 0.2) is 0 Å². The van der Waals surface area contributed by atoms with E-state index in [0.717, 1.165) is 31.0 Å². The van der Waals surface area contributed by atoms with Crippen LogP contribution >= 0.6 is 0 Å². The van der Waals surface area contributed by atoms with Crippen molar-refractivity contribution in [3.8, 4) is 0 Å². The number of halogens is 2. The van der Waals surface area contributed by atoms with Gasteiger partial charge in [0.05, 0.1) is 0 Å². The number of carbonyl (C=O) groups excluding carboxylic acids is 1. The fraction of sp³-hybridized carbons (Fsp3) is 0.143. The third-order valence-electron chi connectivity index (χ3n) is 4.60. The van der Waals surface area contributed by atoms with E-state index in [2.05, 4.69) is 27.8 Å². The van der Waals surface area contributed by atoms with Gasteiger partial charge in [-0.1, -0.05) is 24.3 Å². The topological polar surface area (TPSA) is 80.0 Å². The Balaban J connectivity index is 1.50. The number of nitrogens with zero attached hydrogens (tertiary/aromatic N) is 1. The van der Waals surface area contributed by atoms with Crippen molar-refractivity contribution in [2.45, 2.75) is 18.9 Å². The minimum Gasteiger partial charge on any atom is -0.399 e. The van der Waals surface area contributed by atoms with Gasteiger partial charge in [-0.25, -0.2) is 13.8 Å². The first-order valence-electron chi connectivity index (χ1n) is 8.84. The zero-order valence-corrected chi connectivity index (χ0v) is 14.9. The lowest BCUT2D eigenvalue weighted by Crippen LogP contribution is -2.35. The number of hydrogen-bond donors (Lipinski definition) is 3. The first kappa shape index (κ1) is 17.9. The molecule has 0 bridgehead atoms. The molecule has 0 saturated heterocycles. The number of hydrogen-bond acceptors (Lipinski definition) is 4. The van der Waals surface area contributed by atoms with Crippen LogP contribution in [0, 0.1) is 11.6 Å². The number of rotatable bonds is 4. The number of benzene rings is 2. The van der Waals surface area contributed by atoms with Gasteiger partial charge in [-0.3, -0.25) is 4.79 Å². The number of nitrogens with two attached hydrogens (primary N) is 1. The average Bonchev–Trinajstić information content (AvgIpc) is 3.02. The van der Waals surface area contributed by atoms with E-state index in [-0.39, 0.29) is 29.1 Å². The van der Waals surface area contributed by atoms with Gasteiger partial charge in [-0.05, 0) is 42.2 Å². The first-order valence-corrected chi connectivity index (χ1v) is 8.84. The predicted octanol–water partition coefficient (Wildman–Crippen LogP) is 3.58. The van der Waals surface area contributed by atoms with Crippen molar-refractivity contribution in [3.05, 3.63) is 83.1 Å². The molecule has 3 aromatic rings. The lowest BCUT2D eigenvalue weighted by molar-refractivity contribution is 0.0933. The predicted molar refractivity (Wildman–Crippen MR) is 103 cm³/mol. The zero-order valence-electron chi connectivity index (χ0n) is 14.9. The molecule has 5 nitrogen and oxygen atoms in total. The lowest BCUT2D eigenvalue weighted by atomic mass is 10.1. The van der Waals surface area contributed by atoms with Gasteiger partial charge in [0, 0.05) is 29.5 Å². The fourth-order valence-corrected chi connectivity index (χ4v) is 3.43. The van der Waals surface area contributed by atoms with E-state index in [4.69, 9.17) is 5.73 Å². The number of fused-ring (bicyclic) bond motifs is 1. The molecule has 4 rings (SSSR count). The molecule has 1 aliphatic rings. The number of amides is 1. The molecule has 0 spiro atoms. The highest BCUT2D eigenvalue weighted by Gasteiger charge is 2.23. The summed E-state index contributed by atoms with van der Waals surface area (Å²) in [4.78, 5) is 16.9. The Hall–Kier alpha value is -3.48. The van der Waals surface area contributed by atoms with Gasteiger partial charge >= 0.3 is 0 Å². The van der Waals surface area contributed by atoms with Gasteiger partial charge in [-0.2, -0.15) is 0 Å². The van der Waals surface area contributed by atoms with Gasteiger partial charge in [0.25, 0.3) is 5.91 Å². The van der Waals surface area contributed by atoms with Crippen LogP contribution in [0.4, 0.5) is 26.0 Å². The Labute approximate surface area is 160 Å². The number of aromatic nitrogens is 1. The SMILES string of the molecule is Nc1cc(Nc2cc(F)cc(F)c2)nc(C(=O)NC2Cc3ccccc3C2)c1. The molecule has 0 atom stereocenters. The minimum atomic E-state index is -0.717. The summed E-state index contributed by atoms with van der Waals surface area (Å²) in [6, 6.07) is 14.1. The maximum Gasteiger partial charge on any atom is 0.270 e. The molecule has 0 fully saturated rings. The number of pyridine rings is 1. The number of nitrogens with one attached hydrogen (secondary N) is 2. The van der Waals surface area contributed by atoms with E-state index < -0.39 is 11.6 Å². The van der Waals surface area contributed by atoms with Crippen molar-refractivity contribution >= 4 is 23.1 Å². The number of carbonyl (C=O) groups is 1. The third-order valence-corrected chi connectivity index (χ3v) is 4.60. The van der Waals surface area contributed by atoms with E-state index in [1.807, 2.05) is 12.1 Å². The largest absolute Gasteiger partial charge is 0.399 e. The molecule has 142 valence electrons. The lowest BCUT2D eigenvalue weighted by Gasteiger charge is -2.13. The second-order valence-electron chi connectivity index (χ2n) is 6.80. The third kappa shape index (κ3) is 3.93. The van der Waals surface area contributed by atoms with Crippen molar-refractivity contribution in [3.63, 3.8) is 0 Å². The van der Waals surface area contributed by atoms with Gasteiger partial charge in [0.1, 0.15) is 23.1 Å². The molecule has 1 amide bonds. The molecule has 7 heteroatoms. The van der Waals surface area contributed by atoms with E-state index in [1.165, 1.54) is 23.3 Å². The Kier molecular flexibility index (Phi) is 4.65. The van der Waals surface area contributed by atoms with Gasteiger partial charge < -0.3 is 16.4 Å². The summed E-state index contributed by atoms with van der Waals surface area (Å²) in [5, 5.41) is 5.75. The summed E-state index contributed by atoms with van der Waals surface area (Å²) in [5.74, 6) is -1.56. The molecule has 0 unspecified atom stereocenters. The summed E-state index contributed by atoms with van der Waals surface area (Å²) in [6.45, 7) is 0. The second-order valence-corrected chi connectivity index (χ2v) is 6.80. The summed E-state index contributed by atoms with van der Waals surface area (Å²) in [6.07, 6.45) is 1.52. The molecule has 2 aromatic carbocycles. The zero-order chi connectivity index (χ0) is 19.7. The van der Waals surface area contributed by atoms with Crippen LogP contribution in [0.3, 0.4) is 0 Å². The van der Waals surface area contributed by atoms with Crippen LogP contribution in [-0.4, -0.2) is 16.9 Å². The molecular formula is C21H18F2N4O. The van der Waals surface area contributed by atoms with Crippen molar-refractivity contribution in [2.24, 2.45) is 0 Å². The van der Waals surface area contributed by atoms with Crippen LogP contribution in [0.2, 0.25) is 0 Å². The molecular weight excluding hydrogens is 362 g/mol. The second kappa shape index (κ2) is 7.26. The maximum absolute atomic E-state index is 13.4. The molecule has 0 radical (unpaired) electrons. The summed E-state index contributed by atoms with van der Waals surface area (Å²) in [5.41, 5.74) is 8.95. The monoisotopic (exact) mass is 380 g/mol. The van der Waals surface area contributed by atoms with Crippen molar-refractivity contribution in [1.29, 1.82) is 0 Å². The van der Waals surface area contributed by atoms with Gasteiger partial charge in [-0.15, -0.1) is 0 Å². The van der Waals surface area contributed by atoms with Crippen molar-refractivity contribution in [2.75, 3.05) is 11.1 Å². The summed E-state index contributed by atoms with van der Waals surface area (Å²) >= 11 is 0.